The summed E-state index contributed by atoms with van der Waals surface area (Å²) < 4.78 is 5.53. The third-order valence-electron chi connectivity index (χ3n) is 3.89. The predicted molar refractivity (Wildman–Crippen MR) is 72.3 cm³/mol. The largest absolute Gasteiger partial charge is 0.496 e. The number of hydrogen-bond acceptors (Lipinski definition) is 2. The topological polar surface area (TPSA) is 21.3 Å². The fourth-order valence-corrected chi connectivity index (χ4v) is 2.77. The Morgan fingerprint density at radius 1 is 1.41 bits per heavy atom. The zero-order valence-corrected chi connectivity index (χ0v) is 11.9. The number of nitrogens with one attached hydrogen (secondary N) is 1. The van der Waals surface area contributed by atoms with Crippen molar-refractivity contribution in [3.8, 4) is 5.75 Å². The van der Waals surface area contributed by atoms with Crippen molar-refractivity contribution in [1.29, 1.82) is 0 Å². The Hall–Kier alpha value is -0.730. The first-order valence-electron chi connectivity index (χ1n) is 5.97. The molecule has 0 spiro atoms. The van der Waals surface area contributed by atoms with E-state index in [0.29, 0.717) is 5.92 Å². The molecule has 1 aliphatic heterocycles. The molecule has 0 aromatic heterocycles. The van der Waals surface area contributed by atoms with Gasteiger partial charge in [-0.05, 0) is 44.9 Å². The molecule has 1 N–H and O–H groups in total. The van der Waals surface area contributed by atoms with Crippen LogP contribution >= 0.6 is 11.6 Å². The summed E-state index contributed by atoms with van der Waals surface area (Å²) in [5.74, 6) is 1.43. The van der Waals surface area contributed by atoms with Crippen molar-refractivity contribution in [2.45, 2.75) is 39.2 Å². The summed E-state index contributed by atoms with van der Waals surface area (Å²) in [5.41, 5.74) is 3.61. The van der Waals surface area contributed by atoms with E-state index >= 15 is 0 Å². The Kier molecular flexibility index (Phi) is 3.13. The van der Waals surface area contributed by atoms with Gasteiger partial charge in [0.25, 0.3) is 0 Å². The highest BCUT2D eigenvalue weighted by Gasteiger charge is 2.41. The van der Waals surface area contributed by atoms with E-state index in [9.17, 15) is 0 Å². The molecule has 94 valence electrons. The van der Waals surface area contributed by atoms with Crippen LogP contribution < -0.4 is 10.1 Å². The van der Waals surface area contributed by atoms with Crippen molar-refractivity contribution in [1.82, 2.24) is 5.32 Å². The molecule has 1 fully saturated rings. The van der Waals surface area contributed by atoms with E-state index in [1.54, 1.807) is 7.11 Å². The number of methoxy groups -OCH3 is 1. The first-order chi connectivity index (χ1) is 7.88. The predicted octanol–water partition coefficient (Wildman–Crippen LogP) is 3.43. The molecule has 0 aliphatic carbocycles. The normalized spacial score (nSPS) is 22.1. The van der Waals surface area contributed by atoms with Gasteiger partial charge in [0.2, 0.25) is 0 Å². The van der Waals surface area contributed by atoms with Crippen molar-refractivity contribution in [2.24, 2.45) is 0 Å². The number of ether oxygens (including phenoxy) is 1. The van der Waals surface area contributed by atoms with E-state index in [0.717, 1.165) is 28.4 Å². The molecule has 1 aromatic carbocycles. The molecule has 0 saturated carbocycles. The minimum atomic E-state index is 0.122. The van der Waals surface area contributed by atoms with Crippen LogP contribution in [0.25, 0.3) is 0 Å². The Morgan fingerprint density at radius 3 is 2.47 bits per heavy atom. The Labute approximate surface area is 108 Å². The average molecular weight is 254 g/mol. The second kappa shape index (κ2) is 4.18. The molecular weight excluding hydrogens is 234 g/mol. The molecular formula is C14H20ClNO. The van der Waals surface area contributed by atoms with Crippen LogP contribution in [-0.4, -0.2) is 19.2 Å². The van der Waals surface area contributed by atoms with E-state index in [4.69, 9.17) is 16.3 Å². The van der Waals surface area contributed by atoms with Crippen molar-refractivity contribution in [2.75, 3.05) is 13.7 Å². The molecule has 1 heterocycles. The van der Waals surface area contributed by atoms with Gasteiger partial charge in [0, 0.05) is 28.6 Å². The van der Waals surface area contributed by atoms with Gasteiger partial charge < -0.3 is 10.1 Å². The van der Waals surface area contributed by atoms with E-state index in [1.165, 1.54) is 5.56 Å². The lowest BCUT2D eigenvalue weighted by Crippen LogP contribution is -2.59. The van der Waals surface area contributed by atoms with Gasteiger partial charge in [-0.1, -0.05) is 11.6 Å². The summed E-state index contributed by atoms with van der Waals surface area (Å²) in [4.78, 5) is 0. The van der Waals surface area contributed by atoms with Crippen LogP contribution in [0.15, 0.2) is 6.07 Å². The van der Waals surface area contributed by atoms with E-state index in [2.05, 4.69) is 26.1 Å². The number of aryl methyl sites for hydroxylation is 1. The van der Waals surface area contributed by atoms with Gasteiger partial charge in [-0.2, -0.15) is 0 Å². The van der Waals surface area contributed by atoms with Crippen molar-refractivity contribution in [3.05, 3.63) is 27.8 Å². The van der Waals surface area contributed by atoms with Crippen LogP contribution in [0.4, 0.5) is 0 Å². The number of halogens is 1. The molecule has 1 aliphatic rings. The Morgan fingerprint density at radius 2 is 2.06 bits per heavy atom. The third-order valence-corrected chi connectivity index (χ3v) is 4.48. The Balaban J connectivity index is 2.56. The lowest BCUT2D eigenvalue weighted by molar-refractivity contribution is 0.203. The maximum Gasteiger partial charge on any atom is 0.123 e. The van der Waals surface area contributed by atoms with Gasteiger partial charge in [-0.15, -0.1) is 0 Å². The summed E-state index contributed by atoms with van der Waals surface area (Å²) in [7, 11) is 1.73. The monoisotopic (exact) mass is 253 g/mol. The SMILES string of the molecule is COc1cc(C)c(Cl)c(C)c1C1CNC1(C)C. The minimum absolute atomic E-state index is 0.122. The van der Waals surface area contributed by atoms with Crippen LogP contribution in [0, 0.1) is 13.8 Å². The molecule has 0 radical (unpaired) electrons. The van der Waals surface area contributed by atoms with E-state index in [-0.39, 0.29) is 5.54 Å². The molecule has 3 heteroatoms. The number of benzene rings is 1. The lowest BCUT2D eigenvalue weighted by atomic mass is 9.73. The van der Waals surface area contributed by atoms with E-state index in [1.807, 2.05) is 13.0 Å². The van der Waals surface area contributed by atoms with Gasteiger partial charge in [0.1, 0.15) is 5.75 Å². The first-order valence-corrected chi connectivity index (χ1v) is 6.35. The molecule has 2 rings (SSSR count). The van der Waals surface area contributed by atoms with Crippen LogP contribution in [0.2, 0.25) is 5.02 Å². The van der Waals surface area contributed by atoms with Gasteiger partial charge in [-0.25, -0.2) is 0 Å². The van der Waals surface area contributed by atoms with Crippen LogP contribution in [0.5, 0.6) is 5.75 Å². The summed E-state index contributed by atoms with van der Waals surface area (Å²) >= 11 is 6.35. The van der Waals surface area contributed by atoms with Crippen LogP contribution in [0.1, 0.15) is 36.5 Å². The van der Waals surface area contributed by atoms with Crippen LogP contribution in [0.3, 0.4) is 0 Å². The summed E-state index contributed by atoms with van der Waals surface area (Å²) in [6, 6.07) is 2.04. The summed E-state index contributed by atoms with van der Waals surface area (Å²) in [6.07, 6.45) is 0. The fourth-order valence-electron chi connectivity index (χ4n) is 2.61. The number of rotatable bonds is 2. The highest BCUT2D eigenvalue weighted by molar-refractivity contribution is 6.32. The molecule has 1 unspecified atom stereocenters. The van der Waals surface area contributed by atoms with Gasteiger partial charge in [0.15, 0.2) is 0 Å². The van der Waals surface area contributed by atoms with Crippen LogP contribution in [-0.2, 0) is 0 Å². The van der Waals surface area contributed by atoms with Gasteiger partial charge in [-0.3, -0.25) is 0 Å². The number of hydrogen-bond donors (Lipinski definition) is 1. The minimum Gasteiger partial charge on any atom is -0.496 e. The molecule has 17 heavy (non-hydrogen) atoms. The zero-order chi connectivity index (χ0) is 12.8. The second-order valence-corrected chi connectivity index (χ2v) is 5.78. The molecule has 2 nitrogen and oxygen atoms in total. The average Bonchev–Trinajstić information content (AvgIpc) is 2.28. The maximum absolute atomic E-state index is 6.35. The second-order valence-electron chi connectivity index (χ2n) is 5.40. The third kappa shape index (κ3) is 1.94. The zero-order valence-electron chi connectivity index (χ0n) is 11.1. The quantitative estimate of drug-likeness (QED) is 0.872. The first kappa shape index (κ1) is 12.7. The molecule has 1 aromatic rings. The smallest absolute Gasteiger partial charge is 0.123 e. The van der Waals surface area contributed by atoms with Crippen molar-refractivity contribution in [3.63, 3.8) is 0 Å². The van der Waals surface area contributed by atoms with E-state index < -0.39 is 0 Å². The molecule has 0 bridgehead atoms. The summed E-state index contributed by atoms with van der Waals surface area (Å²) in [5, 5.41) is 4.31. The molecule has 1 saturated heterocycles. The summed E-state index contributed by atoms with van der Waals surface area (Å²) in [6.45, 7) is 9.53. The maximum atomic E-state index is 6.35. The standard InChI is InChI=1S/C14H20ClNO/c1-8-6-11(17-5)12(9(2)13(8)15)10-7-16-14(10,3)4/h6,10,16H,7H2,1-5H3. The van der Waals surface area contributed by atoms with Crippen molar-refractivity contribution >= 4 is 11.6 Å². The molecule has 0 amide bonds. The van der Waals surface area contributed by atoms with Gasteiger partial charge in [0.05, 0.1) is 7.11 Å². The lowest BCUT2D eigenvalue weighted by Gasteiger charge is -2.47. The Bertz CT molecular complexity index is 454. The van der Waals surface area contributed by atoms with Gasteiger partial charge >= 0.3 is 0 Å². The highest BCUT2D eigenvalue weighted by Crippen LogP contribution is 2.43. The molecule has 1 atom stereocenters. The fraction of sp³-hybridized carbons (Fsp3) is 0.571. The van der Waals surface area contributed by atoms with Crippen molar-refractivity contribution < 1.29 is 4.74 Å². The highest BCUT2D eigenvalue weighted by atomic mass is 35.5.